The van der Waals surface area contributed by atoms with Gasteiger partial charge in [-0.2, -0.15) is 0 Å². The molecule has 0 aliphatic rings. The zero-order valence-electron chi connectivity index (χ0n) is 9.68. The fourth-order valence-electron chi connectivity index (χ4n) is 1.60. The molecule has 84 valence electrons. The minimum Gasteiger partial charge on any atom is -0.396 e. The quantitative estimate of drug-likeness (QED) is 0.832. The second-order valence-corrected chi connectivity index (χ2v) is 4.99. The SMILES string of the molecule is CCC(C)(CO)Cc1ccc(Cl)c(C)c1. The Bertz CT molecular complexity index is 329. The topological polar surface area (TPSA) is 20.2 Å². The van der Waals surface area contributed by atoms with E-state index in [1.165, 1.54) is 5.56 Å². The highest BCUT2D eigenvalue weighted by molar-refractivity contribution is 6.31. The molecule has 2 heteroatoms. The molecular formula is C13H19ClO. The van der Waals surface area contributed by atoms with Crippen molar-refractivity contribution < 1.29 is 5.11 Å². The van der Waals surface area contributed by atoms with Gasteiger partial charge in [0, 0.05) is 11.6 Å². The number of aliphatic hydroxyl groups is 1. The van der Waals surface area contributed by atoms with Gasteiger partial charge in [-0.25, -0.2) is 0 Å². The maximum absolute atomic E-state index is 9.34. The van der Waals surface area contributed by atoms with Gasteiger partial charge in [-0.15, -0.1) is 0 Å². The molecule has 1 rings (SSSR count). The van der Waals surface area contributed by atoms with Gasteiger partial charge in [-0.1, -0.05) is 37.6 Å². The van der Waals surface area contributed by atoms with Crippen LogP contribution in [0.15, 0.2) is 18.2 Å². The Hall–Kier alpha value is -0.530. The molecule has 0 aromatic heterocycles. The van der Waals surface area contributed by atoms with Crippen LogP contribution in [0.1, 0.15) is 31.4 Å². The second-order valence-electron chi connectivity index (χ2n) is 4.58. The van der Waals surface area contributed by atoms with Crippen LogP contribution in [0.4, 0.5) is 0 Å². The zero-order valence-corrected chi connectivity index (χ0v) is 10.4. The van der Waals surface area contributed by atoms with Gasteiger partial charge in [0.25, 0.3) is 0 Å². The first-order valence-corrected chi connectivity index (χ1v) is 5.74. The van der Waals surface area contributed by atoms with E-state index in [-0.39, 0.29) is 12.0 Å². The molecule has 1 unspecified atom stereocenters. The van der Waals surface area contributed by atoms with Crippen molar-refractivity contribution >= 4 is 11.6 Å². The van der Waals surface area contributed by atoms with Gasteiger partial charge in [-0.3, -0.25) is 0 Å². The average Bonchev–Trinajstić information content (AvgIpc) is 2.23. The summed E-state index contributed by atoms with van der Waals surface area (Å²) in [6.07, 6.45) is 1.88. The molecule has 0 fully saturated rings. The molecule has 0 bridgehead atoms. The summed E-state index contributed by atoms with van der Waals surface area (Å²) in [5, 5.41) is 10.2. The molecule has 1 N–H and O–H groups in total. The third-order valence-corrected chi connectivity index (χ3v) is 3.51. The summed E-state index contributed by atoms with van der Waals surface area (Å²) in [6.45, 7) is 6.45. The number of rotatable bonds is 4. The summed E-state index contributed by atoms with van der Waals surface area (Å²) in [7, 11) is 0. The highest BCUT2D eigenvalue weighted by Gasteiger charge is 2.21. The fourth-order valence-corrected chi connectivity index (χ4v) is 1.72. The van der Waals surface area contributed by atoms with E-state index in [1.54, 1.807) is 0 Å². The van der Waals surface area contributed by atoms with E-state index in [4.69, 9.17) is 11.6 Å². The van der Waals surface area contributed by atoms with Crippen molar-refractivity contribution in [1.29, 1.82) is 0 Å². The Kier molecular flexibility index (Phi) is 4.18. The smallest absolute Gasteiger partial charge is 0.0487 e. The predicted octanol–water partition coefficient (Wildman–Crippen LogP) is 3.60. The molecule has 0 saturated carbocycles. The molecule has 0 heterocycles. The summed E-state index contributed by atoms with van der Waals surface area (Å²) >= 11 is 5.97. The van der Waals surface area contributed by atoms with Gasteiger partial charge < -0.3 is 5.11 Å². The number of aliphatic hydroxyl groups excluding tert-OH is 1. The van der Waals surface area contributed by atoms with E-state index < -0.39 is 0 Å². The predicted molar refractivity (Wildman–Crippen MR) is 65.4 cm³/mol. The van der Waals surface area contributed by atoms with Crippen molar-refractivity contribution in [2.45, 2.75) is 33.6 Å². The van der Waals surface area contributed by atoms with Gasteiger partial charge in [0.2, 0.25) is 0 Å². The lowest BCUT2D eigenvalue weighted by molar-refractivity contribution is 0.137. The summed E-state index contributed by atoms with van der Waals surface area (Å²) in [6, 6.07) is 6.07. The fraction of sp³-hybridized carbons (Fsp3) is 0.538. The first-order chi connectivity index (χ1) is 7.00. The zero-order chi connectivity index (χ0) is 11.5. The van der Waals surface area contributed by atoms with Crippen LogP contribution < -0.4 is 0 Å². The summed E-state index contributed by atoms with van der Waals surface area (Å²) in [4.78, 5) is 0. The van der Waals surface area contributed by atoms with E-state index >= 15 is 0 Å². The second kappa shape index (κ2) is 5.00. The molecule has 0 spiro atoms. The lowest BCUT2D eigenvalue weighted by atomic mass is 9.82. The third-order valence-electron chi connectivity index (χ3n) is 3.09. The van der Waals surface area contributed by atoms with Crippen molar-refractivity contribution in [2.24, 2.45) is 5.41 Å². The van der Waals surface area contributed by atoms with Crippen LogP contribution in [0.2, 0.25) is 5.02 Å². The number of benzene rings is 1. The number of hydrogen-bond donors (Lipinski definition) is 1. The Morgan fingerprint density at radius 3 is 2.53 bits per heavy atom. The Balaban J connectivity index is 2.85. The standard InChI is InChI=1S/C13H19ClO/c1-4-13(3,9-15)8-11-5-6-12(14)10(2)7-11/h5-7,15H,4,8-9H2,1-3H3. The van der Waals surface area contributed by atoms with Crippen LogP contribution in [-0.4, -0.2) is 11.7 Å². The van der Waals surface area contributed by atoms with Crippen molar-refractivity contribution in [3.8, 4) is 0 Å². The average molecular weight is 227 g/mol. The van der Waals surface area contributed by atoms with Crippen LogP contribution in [0, 0.1) is 12.3 Å². The minimum absolute atomic E-state index is 0.0136. The van der Waals surface area contributed by atoms with Crippen molar-refractivity contribution in [2.75, 3.05) is 6.61 Å². The van der Waals surface area contributed by atoms with Gasteiger partial charge in [0.15, 0.2) is 0 Å². The Labute approximate surface area is 97.1 Å². The number of aryl methyl sites for hydroxylation is 1. The van der Waals surface area contributed by atoms with Crippen molar-refractivity contribution in [3.05, 3.63) is 34.3 Å². The van der Waals surface area contributed by atoms with Gasteiger partial charge in [0.1, 0.15) is 0 Å². The molecule has 0 aliphatic heterocycles. The summed E-state index contributed by atoms with van der Waals surface area (Å²) in [5.41, 5.74) is 2.33. The normalized spacial score (nSPS) is 15.0. The molecule has 0 amide bonds. The molecule has 0 radical (unpaired) electrons. The maximum Gasteiger partial charge on any atom is 0.0487 e. The molecule has 0 aliphatic carbocycles. The van der Waals surface area contributed by atoms with E-state index in [9.17, 15) is 5.11 Å². The van der Waals surface area contributed by atoms with Crippen LogP contribution >= 0.6 is 11.6 Å². The van der Waals surface area contributed by atoms with Crippen molar-refractivity contribution in [1.82, 2.24) is 0 Å². The largest absolute Gasteiger partial charge is 0.396 e. The first kappa shape index (κ1) is 12.5. The monoisotopic (exact) mass is 226 g/mol. The van der Waals surface area contributed by atoms with E-state index in [0.717, 1.165) is 23.4 Å². The highest BCUT2D eigenvalue weighted by Crippen LogP contribution is 2.27. The minimum atomic E-state index is -0.0136. The first-order valence-electron chi connectivity index (χ1n) is 5.36. The van der Waals surface area contributed by atoms with Crippen molar-refractivity contribution in [3.63, 3.8) is 0 Å². The van der Waals surface area contributed by atoms with Crippen LogP contribution in [0.3, 0.4) is 0 Å². The lowest BCUT2D eigenvalue weighted by Crippen LogP contribution is -2.23. The lowest BCUT2D eigenvalue weighted by Gasteiger charge is -2.25. The number of hydrogen-bond acceptors (Lipinski definition) is 1. The maximum atomic E-state index is 9.34. The molecular weight excluding hydrogens is 208 g/mol. The molecule has 15 heavy (non-hydrogen) atoms. The van der Waals surface area contributed by atoms with Gasteiger partial charge in [0.05, 0.1) is 0 Å². The van der Waals surface area contributed by atoms with Gasteiger partial charge >= 0.3 is 0 Å². The molecule has 1 aromatic rings. The molecule has 1 atom stereocenters. The molecule has 1 aromatic carbocycles. The summed E-state index contributed by atoms with van der Waals surface area (Å²) < 4.78 is 0. The van der Waals surface area contributed by atoms with E-state index in [0.29, 0.717) is 0 Å². The number of halogens is 1. The van der Waals surface area contributed by atoms with Crippen LogP contribution in [0.25, 0.3) is 0 Å². The van der Waals surface area contributed by atoms with E-state index in [1.807, 2.05) is 19.1 Å². The summed E-state index contributed by atoms with van der Waals surface area (Å²) in [5.74, 6) is 0. The third kappa shape index (κ3) is 3.22. The molecule has 0 saturated heterocycles. The van der Waals surface area contributed by atoms with E-state index in [2.05, 4.69) is 19.9 Å². The van der Waals surface area contributed by atoms with Gasteiger partial charge in [-0.05, 0) is 42.4 Å². The Morgan fingerprint density at radius 1 is 1.40 bits per heavy atom. The highest BCUT2D eigenvalue weighted by atomic mass is 35.5. The van der Waals surface area contributed by atoms with Crippen LogP contribution in [-0.2, 0) is 6.42 Å². The Morgan fingerprint density at radius 2 is 2.07 bits per heavy atom. The molecule has 1 nitrogen and oxygen atoms in total. The van der Waals surface area contributed by atoms with Crippen LogP contribution in [0.5, 0.6) is 0 Å².